The fourth-order valence-corrected chi connectivity index (χ4v) is 3.19. The largest absolute Gasteiger partial charge is 0.326 e. The van der Waals surface area contributed by atoms with Crippen LogP contribution in [0.3, 0.4) is 0 Å². The molecule has 0 fully saturated rings. The number of benzene rings is 1. The first-order chi connectivity index (χ1) is 9.79. The van der Waals surface area contributed by atoms with Crippen LogP contribution in [-0.2, 0) is 16.6 Å². The van der Waals surface area contributed by atoms with Crippen molar-refractivity contribution in [3.05, 3.63) is 29.6 Å². The minimum atomic E-state index is -3.73. The van der Waals surface area contributed by atoms with Crippen molar-refractivity contribution in [2.24, 2.45) is 5.73 Å². The van der Waals surface area contributed by atoms with Gasteiger partial charge >= 0.3 is 0 Å². The standard InChI is InChI=1S/C14H24FN3O2S/c1-11(2)18(3)9-5-8-17-21(19,20)14-7-4-6-13(15)12(14)10-16/h4,6-7,11,17H,5,8-10,16H2,1-3H3. The van der Waals surface area contributed by atoms with Gasteiger partial charge < -0.3 is 10.6 Å². The van der Waals surface area contributed by atoms with E-state index in [1.54, 1.807) is 0 Å². The molecule has 0 heterocycles. The average molecular weight is 317 g/mol. The number of halogens is 1. The Hall–Kier alpha value is -1.02. The van der Waals surface area contributed by atoms with Crippen molar-refractivity contribution >= 4 is 10.0 Å². The molecule has 0 aliphatic heterocycles. The van der Waals surface area contributed by atoms with Gasteiger partial charge in [-0.15, -0.1) is 0 Å². The van der Waals surface area contributed by atoms with Gasteiger partial charge in [-0.3, -0.25) is 0 Å². The molecule has 0 unspecified atom stereocenters. The second-order valence-corrected chi connectivity index (χ2v) is 6.98. The Labute approximate surface area is 126 Å². The highest BCUT2D eigenvalue weighted by molar-refractivity contribution is 7.89. The van der Waals surface area contributed by atoms with E-state index in [9.17, 15) is 12.8 Å². The molecule has 0 aromatic heterocycles. The maximum atomic E-state index is 13.6. The number of nitrogens with one attached hydrogen (secondary N) is 1. The van der Waals surface area contributed by atoms with Gasteiger partial charge in [0.2, 0.25) is 10.0 Å². The molecule has 21 heavy (non-hydrogen) atoms. The van der Waals surface area contributed by atoms with E-state index in [4.69, 9.17) is 5.73 Å². The Morgan fingerprint density at radius 3 is 2.62 bits per heavy atom. The lowest BCUT2D eigenvalue weighted by Gasteiger charge is -2.20. The fraction of sp³-hybridized carbons (Fsp3) is 0.571. The molecule has 0 atom stereocenters. The second-order valence-electron chi connectivity index (χ2n) is 5.25. The molecule has 0 bridgehead atoms. The van der Waals surface area contributed by atoms with Crippen LogP contribution in [0.15, 0.2) is 23.1 Å². The number of hydrogen-bond acceptors (Lipinski definition) is 4. The summed E-state index contributed by atoms with van der Waals surface area (Å²) in [5, 5.41) is 0. The van der Waals surface area contributed by atoms with Crippen LogP contribution in [0.5, 0.6) is 0 Å². The minimum Gasteiger partial charge on any atom is -0.326 e. The third-order valence-corrected chi connectivity index (χ3v) is 4.98. The SMILES string of the molecule is CC(C)N(C)CCCNS(=O)(=O)c1cccc(F)c1CN. The summed E-state index contributed by atoms with van der Waals surface area (Å²) >= 11 is 0. The van der Waals surface area contributed by atoms with E-state index in [0.717, 1.165) is 6.54 Å². The molecule has 0 aliphatic rings. The normalized spacial score (nSPS) is 12.3. The van der Waals surface area contributed by atoms with Gasteiger partial charge in [-0.1, -0.05) is 6.07 Å². The summed E-state index contributed by atoms with van der Waals surface area (Å²) in [5.41, 5.74) is 5.45. The van der Waals surface area contributed by atoms with Crippen LogP contribution in [0.1, 0.15) is 25.8 Å². The molecule has 5 nitrogen and oxygen atoms in total. The van der Waals surface area contributed by atoms with Crippen molar-refractivity contribution in [3.63, 3.8) is 0 Å². The summed E-state index contributed by atoms with van der Waals surface area (Å²) in [6.07, 6.45) is 0.682. The Morgan fingerprint density at radius 2 is 2.05 bits per heavy atom. The van der Waals surface area contributed by atoms with Gasteiger partial charge in [-0.05, 0) is 46.0 Å². The Bertz CT molecular complexity index is 561. The van der Waals surface area contributed by atoms with Crippen LogP contribution in [-0.4, -0.2) is 39.5 Å². The predicted molar refractivity (Wildman–Crippen MR) is 81.9 cm³/mol. The maximum absolute atomic E-state index is 13.6. The summed E-state index contributed by atoms with van der Waals surface area (Å²) in [6.45, 7) is 5.08. The summed E-state index contributed by atoms with van der Waals surface area (Å²) in [6, 6.07) is 4.36. The summed E-state index contributed by atoms with van der Waals surface area (Å²) < 4.78 is 40.5. The highest BCUT2D eigenvalue weighted by atomic mass is 32.2. The smallest absolute Gasteiger partial charge is 0.240 e. The van der Waals surface area contributed by atoms with E-state index >= 15 is 0 Å². The lowest BCUT2D eigenvalue weighted by Crippen LogP contribution is -2.32. The molecule has 0 amide bonds. The van der Waals surface area contributed by atoms with E-state index < -0.39 is 15.8 Å². The van der Waals surface area contributed by atoms with Gasteiger partial charge in [0.15, 0.2) is 0 Å². The molecule has 1 rings (SSSR count). The molecule has 120 valence electrons. The van der Waals surface area contributed by atoms with Gasteiger partial charge in [-0.25, -0.2) is 17.5 Å². The maximum Gasteiger partial charge on any atom is 0.240 e. The van der Waals surface area contributed by atoms with Crippen molar-refractivity contribution in [3.8, 4) is 0 Å². The van der Waals surface area contributed by atoms with E-state index in [-0.39, 0.29) is 17.0 Å². The lowest BCUT2D eigenvalue weighted by atomic mass is 10.2. The first kappa shape index (κ1) is 18.0. The molecule has 0 saturated heterocycles. The molecule has 7 heteroatoms. The molecule has 3 N–H and O–H groups in total. The second kappa shape index (κ2) is 7.84. The van der Waals surface area contributed by atoms with Crippen molar-refractivity contribution in [1.82, 2.24) is 9.62 Å². The van der Waals surface area contributed by atoms with Crippen molar-refractivity contribution < 1.29 is 12.8 Å². The van der Waals surface area contributed by atoms with Crippen LogP contribution in [0.4, 0.5) is 4.39 Å². The van der Waals surface area contributed by atoms with E-state index in [2.05, 4.69) is 23.5 Å². The molecule has 0 radical (unpaired) electrons. The molecular formula is C14H24FN3O2S. The topological polar surface area (TPSA) is 75.4 Å². The number of nitrogens with two attached hydrogens (primary N) is 1. The van der Waals surface area contributed by atoms with E-state index in [1.807, 2.05) is 7.05 Å². The Morgan fingerprint density at radius 1 is 1.38 bits per heavy atom. The van der Waals surface area contributed by atoms with Crippen LogP contribution in [0.25, 0.3) is 0 Å². The van der Waals surface area contributed by atoms with Crippen molar-refractivity contribution in [2.75, 3.05) is 20.1 Å². The quantitative estimate of drug-likeness (QED) is 0.709. The Kier molecular flexibility index (Phi) is 6.73. The van der Waals surface area contributed by atoms with Crippen LogP contribution in [0, 0.1) is 5.82 Å². The first-order valence-corrected chi connectivity index (χ1v) is 8.45. The lowest BCUT2D eigenvalue weighted by molar-refractivity contribution is 0.271. The molecule has 1 aromatic carbocycles. The average Bonchev–Trinajstić information content (AvgIpc) is 2.42. The summed E-state index contributed by atoms with van der Waals surface area (Å²) in [5.74, 6) is -0.597. The molecular weight excluding hydrogens is 293 g/mol. The summed E-state index contributed by atoms with van der Waals surface area (Å²) in [4.78, 5) is 2.05. The van der Waals surface area contributed by atoms with E-state index in [1.165, 1.54) is 18.2 Å². The predicted octanol–water partition coefficient (Wildman–Crippen LogP) is 1.29. The van der Waals surface area contributed by atoms with Gasteiger partial charge in [0, 0.05) is 24.7 Å². The van der Waals surface area contributed by atoms with Gasteiger partial charge in [0.1, 0.15) is 5.82 Å². The monoisotopic (exact) mass is 317 g/mol. The zero-order chi connectivity index (χ0) is 16.0. The molecule has 1 aromatic rings. The third-order valence-electron chi connectivity index (χ3n) is 3.43. The number of nitrogens with zero attached hydrogens (tertiary/aromatic N) is 1. The molecule has 0 aliphatic carbocycles. The van der Waals surface area contributed by atoms with Crippen LogP contribution in [0.2, 0.25) is 0 Å². The highest BCUT2D eigenvalue weighted by Crippen LogP contribution is 2.18. The number of sulfonamides is 1. The van der Waals surface area contributed by atoms with Gasteiger partial charge in [-0.2, -0.15) is 0 Å². The third kappa shape index (κ3) is 5.03. The number of hydrogen-bond donors (Lipinski definition) is 2. The molecule has 0 saturated carbocycles. The van der Waals surface area contributed by atoms with Crippen molar-refractivity contribution in [2.45, 2.75) is 37.8 Å². The van der Waals surface area contributed by atoms with Gasteiger partial charge in [0.25, 0.3) is 0 Å². The zero-order valence-corrected chi connectivity index (χ0v) is 13.6. The fourth-order valence-electron chi connectivity index (χ4n) is 1.86. The minimum absolute atomic E-state index is 0.0179. The van der Waals surface area contributed by atoms with E-state index in [0.29, 0.717) is 19.0 Å². The van der Waals surface area contributed by atoms with Gasteiger partial charge in [0.05, 0.1) is 4.90 Å². The van der Waals surface area contributed by atoms with Crippen LogP contribution < -0.4 is 10.5 Å². The highest BCUT2D eigenvalue weighted by Gasteiger charge is 2.19. The van der Waals surface area contributed by atoms with Crippen molar-refractivity contribution in [1.29, 1.82) is 0 Å². The van der Waals surface area contributed by atoms with Crippen LogP contribution >= 0.6 is 0 Å². The summed E-state index contributed by atoms with van der Waals surface area (Å²) in [7, 11) is -1.75. The molecule has 0 spiro atoms. The zero-order valence-electron chi connectivity index (χ0n) is 12.8. The Balaban J connectivity index is 2.69. The first-order valence-electron chi connectivity index (χ1n) is 6.97. The number of rotatable bonds is 8.